The van der Waals surface area contributed by atoms with Crippen LogP contribution in [-0.4, -0.2) is 19.2 Å². The van der Waals surface area contributed by atoms with Gasteiger partial charge in [0.25, 0.3) is 0 Å². The molecular weight excluding hydrogens is 270 g/mol. The lowest BCUT2D eigenvalue weighted by Crippen LogP contribution is -2.15. The molecule has 1 N–H and O–H groups in total. The van der Waals surface area contributed by atoms with Crippen LogP contribution < -0.4 is 5.32 Å². The molecule has 6 heteroatoms. The molecule has 0 saturated carbocycles. The van der Waals surface area contributed by atoms with Gasteiger partial charge in [-0.25, -0.2) is 4.98 Å². The number of imidazole rings is 1. The fourth-order valence-electron chi connectivity index (χ4n) is 2.51. The molecule has 3 rings (SSSR count). The normalized spacial score (nSPS) is 11.6. The molecule has 0 bridgehead atoms. The Kier molecular flexibility index (Phi) is 3.35. The van der Waals surface area contributed by atoms with Crippen molar-refractivity contribution in [3.63, 3.8) is 0 Å². The highest BCUT2D eigenvalue weighted by Crippen LogP contribution is 2.20. The van der Waals surface area contributed by atoms with Crippen LogP contribution in [0.1, 0.15) is 28.3 Å². The van der Waals surface area contributed by atoms with E-state index in [9.17, 15) is 0 Å². The molecule has 0 aliphatic rings. The summed E-state index contributed by atoms with van der Waals surface area (Å²) in [5, 5.41) is 10.0. The summed E-state index contributed by atoms with van der Waals surface area (Å²) in [5.74, 6) is 0. The minimum atomic E-state index is 0.818. The van der Waals surface area contributed by atoms with Crippen LogP contribution in [-0.2, 0) is 20.1 Å². The third kappa shape index (κ3) is 2.25. The van der Waals surface area contributed by atoms with Crippen LogP contribution >= 0.6 is 11.3 Å². The Morgan fingerprint density at radius 1 is 1.20 bits per heavy atom. The predicted molar refractivity (Wildman–Crippen MR) is 81.0 cm³/mol. The summed E-state index contributed by atoms with van der Waals surface area (Å²) < 4.78 is 4.10. The monoisotopic (exact) mass is 289 g/mol. The van der Waals surface area contributed by atoms with E-state index in [1.807, 2.05) is 18.7 Å². The summed E-state index contributed by atoms with van der Waals surface area (Å²) in [4.78, 5) is 5.68. The Labute approximate surface area is 122 Å². The van der Waals surface area contributed by atoms with Crippen LogP contribution in [0.2, 0.25) is 0 Å². The van der Waals surface area contributed by atoms with Crippen molar-refractivity contribution >= 4 is 16.3 Å². The van der Waals surface area contributed by atoms with Crippen molar-refractivity contribution in [1.82, 2.24) is 24.5 Å². The minimum absolute atomic E-state index is 0.818. The van der Waals surface area contributed by atoms with Crippen molar-refractivity contribution in [2.24, 2.45) is 7.05 Å². The Bertz CT molecular complexity index is 749. The molecule has 0 aliphatic heterocycles. The first-order chi connectivity index (χ1) is 9.56. The van der Waals surface area contributed by atoms with Crippen LogP contribution in [0, 0.1) is 20.8 Å². The standard InChI is InChI=1S/C14H19N5S/c1-9-8-20-14-16-11(3)13(19(9)14)6-15-5-12-7-18(4)17-10(12)2/h7-8,15H,5-6H2,1-4H3. The molecule has 106 valence electrons. The zero-order valence-electron chi connectivity index (χ0n) is 12.3. The smallest absolute Gasteiger partial charge is 0.194 e. The van der Waals surface area contributed by atoms with Crippen LogP contribution in [0.25, 0.3) is 4.96 Å². The molecule has 0 amide bonds. The van der Waals surface area contributed by atoms with Crippen molar-refractivity contribution in [1.29, 1.82) is 0 Å². The fraction of sp³-hybridized carbons (Fsp3) is 0.429. The average Bonchev–Trinajstić information content (AvgIpc) is 2.99. The summed E-state index contributed by atoms with van der Waals surface area (Å²) in [6.45, 7) is 7.89. The Morgan fingerprint density at radius 3 is 2.70 bits per heavy atom. The predicted octanol–water partition coefficient (Wildman–Crippen LogP) is 2.34. The number of nitrogens with one attached hydrogen (secondary N) is 1. The van der Waals surface area contributed by atoms with Crippen molar-refractivity contribution in [3.05, 3.63) is 39.9 Å². The number of hydrogen-bond donors (Lipinski definition) is 1. The first-order valence-corrected chi connectivity index (χ1v) is 7.56. The van der Waals surface area contributed by atoms with Crippen LogP contribution in [0.3, 0.4) is 0 Å². The van der Waals surface area contributed by atoms with E-state index in [1.165, 1.54) is 17.0 Å². The Morgan fingerprint density at radius 2 is 2.00 bits per heavy atom. The molecule has 20 heavy (non-hydrogen) atoms. The molecule has 5 nitrogen and oxygen atoms in total. The lowest BCUT2D eigenvalue weighted by Gasteiger charge is -2.05. The average molecular weight is 289 g/mol. The second kappa shape index (κ2) is 5.03. The Balaban J connectivity index is 1.75. The van der Waals surface area contributed by atoms with Gasteiger partial charge in [-0.1, -0.05) is 0 Å². The van der Waals surface area contributed by atoms with Crippen LogP contribution in [0.5, 0.6) is 0 Å². The number of aromatic nitrogens is 4. The van der Waals surface area contributed by atoms with E-state index in [2.05, 4.69) is 45.2 Å². The van der Waals surface area contributed by atoms with E-state index in [0.29, 0.717) is 0 Å². The van der Waals surface area contributed by atoms with Crippen molar-refractivity contribution in [2.45, 2.75) is 33.9 Å². The highest BCUT2D eigenvalue weighted by Gasteiger charge is 2.12. The summed E-state index contributed by atoms with van der Waals surface area (Å²) in [7, 11) is 1.95. The molecule has 0 unspecified atom stereocenters. The maximum Gasteiger partial charge on any atom is 0.194 e. The van der Waals surface area contributed by atoms with Gasteiger partial charge in [0.15, 0.2) is 4.96 Å². The molecule has 0 spiro atoms. The fourth-order valence-corrected chi connectivity index (χ4v) is 3.44. The third-order valence-corrected chi connectivity index (χ3v) is 4.50. The molecule has 0 radical (unpaired) electrons. The number of nitrogens with zero attached hydrogens (tertiary/aromatic N) is 4. The van der Waals surface area contributed by atoms with E-state index >= 15 is 0 Å². The maximum atomic E-state index is 4.61. The van der Waals surface area contributed by atoms with E-state index in [4.69, 9.17) is 0 Å². The molecule has 3 aromatic rings. The second-order valence-electron chi connectivity index (χ2n) is 5.16. The number of hydrogen-bond acceptors (Lipinski definition) is 4. The highest BCUT2D eigenvalue weighted by atomic mass is 32.1. The zero-order valence-corrected chi connectivity index (χ0v) is 13.1. The molecule has 0 aromatic carbocycles. The van der Waals surface area contributed by atoms with Gasteiger partial charge in [0, 0.05) is 43.0 Å². The molecule has 0 fully saturated rings. The Hall–Kier alpha value is -1.66. The van der Waals surface area contributed by atoms with Crippen LogP contribution in [0.15, 0.2) is 11.6 Å². The van der Waals surface area contributed by atoms with Crippen molar-refractivity contribution < 1.29 is 0 Å². The van der Waals surface area contributed by atoms with Gasteiger partial charge in [-0.3, -0.25) is 9.08 Å². The number of rotatable bonds is 4. The molecule has 3 heterocycles. The number of aryl methyl sites for hydroxylation is 4. The summed E-state index contributed by atoms with van der Waals surface area (Å²) in [6.07, 6.45) is 2.07. The molecule has 0 atom stereocenters. The lowest BCUT2D eigenvalue weighted by atomic mass is 10.2. The number of thiazole rings is 1. The minimum Gasteiger partial charge on any atom is -0.307 e. The van der Waals surface area contributed by atoms with E-state index in [0.717, 1.165) is 29.4 Å². The van der Waals surface area contributed by atoms with Gasteiger partial charge in [-0.15, -0.1) is 11.3 Å². The third-order valence-electron chi connectivity index (χ3n) is 3.55. The second-order valence-corrected chi connectivity index (χ2v) is 5.99. The van der Waals surface area contributed by atoms with Crippen LogP contribution in [0.4, 0.5) is 0 Å². The molecular formula is C14H19N5S. The maximum absolute atomic E-state index is 4.61. The van der Waals surface area contributed by atoms with Gasteiger partial charge in [0.05, 0.1) is 17.1 Å². The molecule has 0 aliphatic carbocycles. The first kappa shape index (κ1) is 13.3. The quantitative estimate of drug-likeness (QED) is 0.802. The zero-order chi connectivity index (χ0) is 14.3. The van der Waals surface area contributed by atoms with E-state index in [1.54, 1.807) is 11.3 Å². The topological polar surface area (TPSA) is 47.2 Å². The van der Waals surface area contributed by atoms with Gasteiger partial charge < -0.3 is 5.32 Å². The first-order valence-electron chi connectivity index (χ1n) is 6.68. The van der Waals surface area contributed by atoms with Gasteiger partial charge in [-0.2, -0.15) is 5.10 Å². The number of fused-ring (bicyclic) bond motifs is 1. The summed E-state index contributed by atoms with van der Waals surface area (Å²) >= 11 is 1.70. The summed E-state index contributed by atoms with van der Waals surface area (Å²) in [6, 6.07) is 0. The SMILES string of the molecule is Cc1nn(C)cc1CNCc1c(C)nc2scc(C)n12. The van der Waals surface area contributed by atoms with E-state index < -0.39 is 0 Å². The highest BCUT2D eigenvalue weighted by molar-refractivity contribution is 7.15. The van der Waals surface area contributed by atoms with Gasteiger partial charge in [-0.05, 0) is 20.8 Å². The van der Waals surface area contributed by atoms with Crippen molar-refractivity contribution in [3.8, 4) is 0 Å². The van der Waals surface area contributed by atoms with Gasteiger partial charge in [0.2, 0.25) is 0 Å². The van der Waals surface area contributed by atoms with Crippen molar-refractivity contribution in [2.75, 3.05) is 0 Å². The largest absolute Gasteiger partial charge is 0.307 e. The molecule has 0 saturated heterocycles. The summed E-state index contributed by atoms with van der Waals surface area (Å²) in [5.41, 5.74) is 5.94. The lowest BCUT2D eigenvalue weighted by molar-refractivity contribution is 0.668. The molecule has 3 aromatic heterocycles. The van der Waals surface area contributed by atoms with Gasteiger partial charge >= 0.3 is 0 Å². The van der Waals surface area contributed by atoms with Gasteiger partial charge in [0.1, 0.15) is 0 Å². The van der Waals surface area contributed by atoms with E-state index in [-0.39, 0.29) is 0 Å².